The Bertz CT molecular complexity index is 515. The second-order valence-corrected chi connectivity index (χ2v) is 6.86. The molecule has 0 saturated heterocycles. The van der Waals surface area contributed by atoms with Gasteiger partial charge < -0.3 is 5.32 Å². The number of benzene rings is 1. The van der Waals surface area contributed by atoms with Crippen molar-refractivity contribution in [2.45, 2.75) is 44.7 Å². The van der Waals surface area contributed by atoms with Crippen LogP contribution in [-0.4, -0.2) is 21.0 Å². The molecule has 0 aliphatic carbocycles. The lowest BCUT2D eigenvalue weighted by Crippen LogP contribution is -2.25. The van der Waals surface area contributed by atoms with Gasteiger partial charge in [-0.25, -0.2) is 13.1 Å². The fraction of sp³-hybridized carbons (Fsp3) is 0.538. The summed E-state index contributed by atoms with van der Waals surface area (Å²) in [4.78, 5) is 0.255. The van der Waals surface area contributed by atoms with Crippen molar-refractivity contribution in [3.05, 3.63) is 28.8 Å². The van der Waals surface area contributed by atoms with Crippen molar-refractivity contribution in [2.24, 2.45) is 0 Å². The van der Waals surface area contributed by atoms with Crippen LogP contribution < -0.4 is 10.0 Å². The first kappa shape index (κ1) is 16.4. The maximum Gasteiger partial charge on any atom is 0.240 e. The highest BCUT2D eigenvalue weighted by Crippen LogP contribution is 2.20. The second kappa shape index (κ2) is 7.24. The van der Waals surface area contributed by atoms with E-state index in [1.54, 1.807) is 12.1 Å². The average Bonchev–Trinajstić information content (AvgIpc) is 2.35. The maximum absolute atomic E-state index is 12.0. The second-order valence-electron chi connectivity index (χ2n) is 4.69. The molecule has 19 heavy (non-hydrogen) atoms. The zero-order valence-electron chi connectivity index (χ0n) is 11.5. The molecular formula is C13H21ClN2O2S. The molecule has 1 aromatic carbocycles. The van der Waals surface area contributed by atoms with Crippen LogP contribution >= 0.6 is 11.6 Å². The number of sulfonamides is 1. The van der Waals surface area contributed by atoms with Crippen molar-refractivity contribution in [1.29, 1.82) is 0 Å². The Morgan fingerprint density at radius 1 is 1.32 bits per heavy atom. The number of hydrogen-bond donors (Lipinski definition) is 2. The van der Waals surface area contributed by atoms with Gasteiger partial charge in [0, 0.05) is 24.2 Å². The lowest BCUT2D eigenvalue weighted by Gasteiger charge is -2.12. The van der Waals surface area contributed by atoms with Gasteiger partial charge in [-0.05, 0) is 30.2 Å². The van der Waals surface area contributed by atoms with Gasteiger partial charge >= 0.3 is 0 Å². The molecular weight excluding hydrogens is 284 g/mol. The van der Waals surface area contributed by atoms with E-state index in [0.717, 1.165) is 12.0 Å². The number of nitrogens with one attached hydrogen (secondary N) is 2. The first-order chi connectivity index (χ1) is 8.86. The van der Waals surface area contributed by atoms with Crippen LogP contribution in [0.15, 0.2) is 23.1 Å². The Morgan fingerprint density at radius 3 is 2.58 bits per heavy atom. The van der Waals surface area contributed by atoms with E-state index in [0.29, 0.717) is 24.2 Å². The summed E-state index contributed by atoms with van der Waals surface area (Å²) < 4.78 is 26.6. The predicted molar refractivity (Wildman–Crippen MR) is 78.9 cm³/mol. The third-order valence-electron chi connectivity index (χ3n) is 2.57. The minimum absolute atomic E-state index is 0.255. The van der Waals surface area contributed by atoms with Gasteiger partial charge in [-0.3, -0.25) is 0 Å². The lowest BCUT2D eigenvalue weighted by atomic mass is 10.2. The molecule has 0 atom stereocenters. The van der Waals surface area contributed by atoms with E-state index in [2.05, 4.69) is 10.0 Å². The van der Waals surface area contributed by atoms with Gasteiger partial charge in [0.1, 0.15) is 0 Å². The van der Waals surface area contributed by atoms with Crippen molar-refractivity contribution >= 4 is 21.6 Å². The van der Waals surface area contributed by atoms with Gasteiger partial charge in [-0.15, -0.1) is 0 Å². The van der Waals surface area contributed by atoms with E-state index >= 15 is 0 Å². The lowest BCUT2D eigenvalue weighted by molar-refractivity contribution is 0.578. The molecule has 6 heteroatoms. The monoisotopic (exact) mass is 304 g/mol. The molecule has 2 N–H and O–H groups in total. The Hall–Kier alpha value is -0.620. The average molecular weight is 305 g/mol. The number of hydrogen-bond acceptors (Lipinski definition) is 3. The first-order valence-electron chi connectivity index (χ1n) is 6.38. The topological polar surface area (TPSA) is 58.2 Å². The molecule has 1 rings (SSSR count). The highest BCUT2D eigenvalue weighted by molar-refractivity contribution is 7.89. The summed E-state index contributed by atoms with van der Waals surface area (Å²) in [5, 5.41) is 3.80. The van der Waals surface area contributed by atoms with Crippen LogP contribution in [0.1, 0.15) is 32.8 Å². The van der Waals surface area contributed by atoms with Crippen LogP contribution in [0.25, 0.3) is 0 Å². The van der Waals surface area contributed by atoms with Crippen molar-refractivity contribution in [1.82, 2.24) is 10.0 Å². The van der Waals surface area contributed by atoms with Gasteiger partial charge in [0.15, 0.2) is 0 Å². The molecule has 108 valence electrons. The molecule has 0 fully saturated rings. The summed E-state index contributed by atoms with van der Waals surface area (Å²) in [6.07, 6.45) is 0.759. The summed E-state index contributed by atoms with van der Waals surface area (Å²) in [6, 6.07) is 5.09. The van der Waals surface area contributed by atoms with Crippen LogP contribution in [0, 0.1) is 0 Å². The van der Waals surface area contributed by atoms with Crippen molar-refractivity contribution < 1.29 is 8.42 Å². The maximum atomic E-state index is 12.0. The minimum atomic E-state index is -3.44. The Labute approximate surface area is 120 Å². The zero-order valence-corrected chi connectivity index (χ0v) is 13.1. The fourth-order valence-electron chi connectivity index (χ4n) is 1.49. The van der Waals surface area contributed by atoms with Gasteiger partial charge in [-0.1, -0.05) is 32.4 Å². The minimum Gasteiger partial charge on any atom is -0.310 e. The largest absolute Gasteiger partial charge is 0.310 e. The molecule has 0 bridgehead atoms. The molecule has 0 aliphatic heterocycles. The van der Waals surface area contributed by atoms with Crippen LogP contribution in [0.5, 0.6) is 0 Å². The summed E-state index contributed by atoms with van der Waals surface area (Å²) in [7, 11) is -3.44. The van der Waals surface area contributed by atoms with Crippen LogP contribution in [0.3, 0.4) is 0 Å². The molecule has 0 heterocycles. The van der Waals surface area contributed by atoms with Gasteiger partial charge in [0.05, 0.1) is 4.90 Å². The van der Waals surface area contributed by atoms with Gasteiger partial charge in [-0.2, -0.15) is 0 Å². The summed E-state index contributed by atoms with van der Waals surface area (Å²) in [6.45, 7) is 6.95. The smallest absolute Gasteiger partial charge is 0.240 e. The summed E-state index contributed by atoms with van der Waals surface area (Å²) >= 11 is 6.08. The van der Waals surface area contributed by atoms with Gasteiger partial charge in [0.2, 0.25) is 10.0 Å². The van der Waals surface area contributed by atoms with Gasteiger partial charge in [0.25, 0.3) is 0 Å². The van der Waals surface area contributed by atoms with Crippen LogP contribution in [0.4, 0.5) is 0 Å². The SMILES string of the molecule is CCCNS(=O)(=O)c1ccc(Cl)c(CNC(C)C)c1. The molecule has 0 unspecified atom stereocenters. The van der Waals surface area contributed by atoms with Crippen molar-refractivity contribution in [3.63, 3.8) is 0 Å². The molecule has 0 aromatic heterocycles. The molecule has 1 aromatic rings. The van der Waals surface area contributed by atoms with E-state index in [9.17, 15) is 8.42 Å². The van der Waals surface area contributed by atoms with Crippen LogP contribution in [0.2, 0.25) is 5.02 Å². The van der Waals surface area contributed by atoms with E-state index in [1.807, 2.05) is 20.8 Å². The molecule has 0 amide bonds. The number of halogens is 1. The third-order valence-corrected chi connectivity index (χ3v) is 4.40. The fourth-order valence-corrected chi connectivity index (χ4v) is 2.86. The molecule has 0 saturated carbocycles. The first-order valence-corrected chi connectivity index (χ1v) is 8.24. The Morgan fingerprint density at radius 2 is 2.00 bits per heavy atom. The third kappa shape index (κ3) is 5.10. The van der Waals surface area contributed by atoms with E-state index in [1.165, 1.54) is 6.07 Å². The van der Waals surface area contributed by atoms with Crippen molar-refractivity contribution in [3.8, 4) is 0 Å². The predicted octanol–water partition coefficient (Wildman–Crippen LogP) is 2.53. The molecule has 0 aliphatic rings. The summed E-state index contributed by atoms with van der Waals surface area (Å²) in [5.41, 5.74) is 0.787. The van der Waals surface area contributed by atoms with E-state index in [-0.39, 0.29) is 4.90 Å². The van der Waals surface area contributed by atoms with E-state index in [4.69, 9.17) is 11.6 Å². The normalized spacial score (nSPS) is 12.1. The molecule has 0 radical (unpaired) electrons. The van der Waals surface area contributed by atoms with E-state index < -0.39 is 10.0 Å². The van der Waals surface area contributed by atoms with Crippen molar-refractivity contribution in [2.75, 3.05) is 6.54 Å². The Kier molecular flexibility index (Phi) is 6.26. The summed E-state index contributed by atoms with van der Waals surface area (Å²) in [5.74, 6) is 0. The van der Waals surface area contributed by atoms with Crippen LogP contribution in [-0.2, 0) is 16.6 Å². The molecule has 4 nitrogen and oxygen atoms in total. The Balaban J connectivity index is 2.95. The number of rotatable bonds is 7. The standard InChI is InChI=1S/C13H21ClN2O2S/c1-4-7-16-19(17,18)12-5-6-13(14)11(8-12)9-15-10(2)3/h5-6,8,10,15-16H,4,7,9H2,1-3H3. The molecule has 0 spiro atoms. The zero-order chi connectivity index (χ0) is 14.5. The highest BCUT2D eigenvalue weighted by Gasteiger charge is 2.14. The quantitative estimate of drug-likeness (QED) is 0.814. The highest BCUT2D eigenvalue weighted by atomic mass is 35.5.